The number of nitrogen functional groups attached to an aromatic ring is 1. The topological polar surface area (TPSA) is 80.1 Å². The van der Waals surface area contributed by atoms with Gasteiger partial charge in [-0.1, -0.05) is 12.1 Å². The van der Waals surface area contributed by atoms with Crippen molar-refractivity contribution >= 4 is 28.2 Å². The van der Waals surface area contributed by atoms with Crippen molar-refractivity contribution in [2.75, 3.05) is 18.2 Å². The van der Waals surface area contributed by atoms with Gasteiger partial charge < -0.3 is 20.8 Å². The molecule has 5 heteroatoms. The number of anilines is 2. The highest BCUT2D eigenvalue weighted by Crippen LogP contribution is 2.25. The Bertz CT molecular complexity index is 808. The zero-order chi connectivity index (χ0) is 14.8. The van der Waals surface area contributed by atoms with E-state index in [0.717, 1.165) is 10.9 Å². The highest BCUT2D eigenvalue weighted by molar-refractivity contribution is 6.12. The first-order chi connectivity index (χ1) is 10.2. The summed E-state index contributed by atoms with van der Waals surface area (Å²) in [7, 11) is 1.55. The Kier molecular flexibility index (Phi) is 3.23. The summed E-state index contributed by atoms with van der Waals surface area (Å²) in [6, 6.07) is 12.7. The van der Waals surface area contributed by atoms with Crippen LogP contribution in [-0.4, -0.2) is 18.0 Å². The molecular weight excluding hydrogens is 266 g/mol. The van der Waals surface area contributed by atoms with Gasteiger partial charge in [0.1, 0.15) is 5.75 Å². The second-order valence-corrected chi connectivity index (χ2v) is 4.66. The number of methoxy groups -OCH3 is 1. The minimum absolute atomic E-state index is 0.187. The Morgan fingerprint density at radius 3 is 2.86 bits per heavy atom. The van der Waals surface area contributed by atoms with Gasteiger partial charge in [0, 0.05) is 17.3 Å². The van der Waals surface area contributed by atoms with Crippen molar-refractivity contribution in [2.45, 2.75) is 0 Å². The molecule has 0 saturated heterocycles. The summed E-state index contributed by atoms with van der Waals surface area (Å²) in [5.41, 5.74) is 8.35. The number of ether oxygens (including phenoxy) is 1. The molecule has 2 aromatic carbocycles. The van der Waals surface area contributed by atoms with Crippen molar-refractivity contribution in [3.8, 4) is 5.75 Å². The van der Waals surface area contributed by atoms with E-state index in [4.69, 9.17) is 10.5 Å². The Hall–Kier alpha value is -2.95. The molecule has 0 atom stereocenters. The molecule has 0 saturated carbocycles. The number of nitrogens with one attached hydrogen (secondary N) is 2. The van der Waals surface area contributed by atoms with Crippen LogP contribution < -0.4 is 15.8 Å². The van der Waals surface area contributed by atoms with E-state index < -0.39 is 0 Å². The highest BCUT2D eigenvalue weighted by atomic mass is 16.5. The molecule has 1 amide bonds. The van der Waals surface area contributed by atoms with E-state index in [1.165, 1.54) is 0 Å². The van der Waals surface area contributed by atoms with E-state index in [1.807, 2.05) is 24.4 Å². The first-order valence-corrected chi connectivity index (χ1v) is 6.50. The lowest BCUT2D eigenvalue weighted by molar-refractivity contribution is 0.102. The summed E-state index contributed by atoms with van der Waals surface area (Å²) in [6.45, 7) is 0. The normalized spacial score (nSPS) is 10.5. The Balaban J connectivity index is 1.89. The fourth-order valence-corrected chi connectivity index (χ4v) is 2.28. The summed E-state index contributed by atoms with van der Waals surface area (Å²) in [5, 5.41) is 3.83. The number of benzene rings is 2. The summed E-state index contributed by atoms with van der Waals surface area (Å²) in [6.07, 6.45) is 1.81. The molecule has 5 nitrogen and oxygen atoms in total. The number of carbonyl (C=O) groups excluding carboxylic acids is 1. The monoisotopic (exact) mass is 281 g/mol. The number of H-pyrrole nitrogens is 1. The number of aromatic nitrogens is 1. The zero-order valence-electron chi connectivity index (χ0n) is 11.5. The fraction of sp³-hybridized carbons (Fsp3) is 0.0625. The maximum atomic E-state index is 12.4. The standard InChI is InChI=1S/C16H15N3O2/c1-21-14-6-5-11(9-13(14)17)19-16(20)12-4-2-3-10-7-8-18-15(10)12/h2-9,18H,17H2,1H3,(H,19,20). The van der Waals surface area contributed by atoms with Crippen LogP contribution in [0.3, 0.4) is 0 Å². The summed E-state index contributed by atoms with van der Waals surface area (Å²) in [4.78, 5) is 15.5. The van der Waals surface area contributed by atoms with Crippen LogP contribution in [0.1, 0.15) is 10.4 Å². The molecule has 21 heavy (non-hydrogen) atoms. The van der Waals surface area contributed by atoms with Crippen LogP contribution in [0.5, 0.6) is 5.75 Å². The predicted molar refractivity (Wildman–Crippen MR) is 83.7 cm³/mol. The van der Waals surface area contributed by atoms with E-state index in [-0.39, 0.29) is 5.91 Å². The van der Waals surface area contributed by atoms with Gasteiger partial charge in [-0.25, -0.2) is 0 Å². The van der Waals surface area contributed by atoms with E-state index in [9.17, 15) is 4.79 Å². The van der Waals surface area contributed by atoms with E-state index in [1.54, 1.807) is 31.4 Å². The van der Waals surface area contributed by atoms with Crippen molar-refractivity contribution in [3.63, 3.8) is 0 Å². The average molecular weight is 281 g/mol. The number of fused-ring (bicyclic) bond motifs is 1. The summed E-state index contributed by atoms with van der Waals surface area (Å²) >= 11 is 0. The third kappa shape index (κ3) is 2.41. The first kappa shape index (κ1) is 13.1. The van der Waals surface area contributed by atoms with Crippen molar-refractivity contribution in [1.82, 2.24) is 4.98 Å². The Labute approximate surface area is 121 Å². The zero-order valence-corrected chi connectivity index (χ0v) is 11.5. The minimum atomic E-state index is -0.187. The van der Waals surface area contributed by atoms with E-state index in [2.05, 4.69) is 10.3 Å². The molecule has 0 aliphatic carbocycles. The highest BCUT2D eigenvalue weighted by Gasteiger charge is 2.11. The molecule has 0 bridgehead atoms. The molecule has 3 aromatic rings. The number of nitrogens with two attached hydrogens (primary N) is 1. The molecule has 0 spiro atoms. The largest absolute Gasteiger partial charge is 0.495 e. The first-order valence-electron chi connectivity index (χ1n) is 6.50. The predicted octanol–water partition coefficient (Wildman–Crippen LogP) is 3.01. The van der Waals surface area contributed by atoms with Crippen molar-refractivity contribution in [1.29, 1.82) is 0 Å². The SMILES string of the molecule is COc1ccc(NC(=O)c2cccc3cc[nH]c23)cc1N. The lowest BCUT2D eigenvalue weighted by atomic mass is 10.1. The molecule has 1 aromatic heterocycles. The number of amides is 1. The molecule has 0 aliphatic heterocycles. The lowest BCUT2D eigenvalue weighted by Crippen LogP contribution is -2.12. The Morgan fingerprint density at radius 1 is 1.24 bits per heavy atom. The van der Waals surface area contributed by atoms with Gasteiger partial charge in [-0.2, -0.15) is 0 Å². The summed E-state index contributed by atoms with van der Waals surface area (Å²) in [5.74, 6) is 0.395. The van der Waals surface area contributed by atoms with Crippen molar-refractivity contribution in [2.24, 2.45) is 0 Å². The van der Waals surface area contributed by atoms with Gasteiger partial charge >= 0.3 is 0 Å². The molecule has 4 N–H and O–H groups in total. The maximum absolute atomic E-state index is 12.4. The molecule has 106 valence electrons. The second-order valence-electron chi connectivity index (χ2n) is 4.66. The molecular formula is C16H15N3O2. The van der Waals surface area contributed by atoms with Crippen LogP contribution in [0.4, 0.5) is 11.4 Å². The number of hydrogen-bond donors (Lipinski definition) is 3. The smallest absolute Gasteiger partial charge is 0.257 e. The number of carbonyl (C=O) groups is 1. The maximum Gasteiger partial charge on any atom is 0.257 e. The summed E-state index contributed by atoms with van der Waals surface area (Å²) < 4.78 is 5.09. The Morgan fingerprint density at radius 2 is 2.10 bits per heavy atom. The fourth-order valence-electron chi connectivity index (χ4n) is 2.28. The second kappa shape index (κ2) is 5.20. The average Bonchev–Trinajstić information content (AvgIpc) is 2.95. The van der Waals surface area contributed by atoms with E-state index in [0.29, 0.717) is 22.7 Å². The molecule has 0 radical (unpaired) electrons. The quantitative estimate of drug-likeness (QED) is 0.645. The van der Waals surface area contributed by atoms with Crippen LogP contribution in [-0.2, 0) is 0 Å². The number of para-hydroxylation sites is 1. The van der Waals surface area contributed by atoms with Gasteiger partial charge in [-0.05, 0) is 30.3 Å². The third-order valence-corrected chi connectivity index (χ3v) is 3.32. The van der Waals surface area contributed by atoms with Gasteiger partial charge in [0.15, 0.2) is 0 Å². The van der Waals surface area contributed by atoms with Gasteiger partial charge in [-0.15, -0.1) is 0 Å². The third-order valence-electron chi connectivity index (χ3n) is 3.32. The molecule has 3 rings (SSSR count). The van der Waals surface area contributed by atoms with Crippen molar-refractivity contribution < 1.29 is 9.53 Å². The van der Waals surface area contributed by atoms with Gasteiger partial charge in [0.05, 0.1) is 23.9 Å². The molecule has 1 heterocycles. The number of hydrogen-bond acceptors (Lipinski definition) is 3. The lowest BCUT2D eigenvalue weighted by Gasteiger charge is -2.09. The van der Waals surface area contributed by atoms with Gasteiger partial charge in [0.25, 0.3) is 5.91 Å². The van der Waals surface area contributed by atoms with Crippen LogP contribution in [0.25, 0.3) is 10.9 Å². The van der Waals surface area contributed by atoms with Crippen LogP contribution in [0.2, 0.25) is 0 Å². The molecule has 0 aliphatic rings. The van der Waals surface area contributed by atoms with E-state index >= 15 is 0 Å². The minimum Gasteiger partial charge on any atom is -0.495 e. The number of aromatic amines is 1. The van der Waals surface area contributed by atoms with Crippen molar-refractivity contribution in [3.05, 3.63) is 54.2 Å². The van der Waals surface area contributed by atoms with Gasteiger partial charge in [0.2, 0.25) is 0 Å². The van der Waals surface area contributed by atoms with Gasteiger partial charge in [-0.3, -0.25) is 4.79 Å². The number of rotatable bonds is 3. The molecule has 0 fully saturated rings. The van der Waals surface area contributed by atoms with Crippen LogP contribution in [0, 0.1) is 0 Å². The van der Waals surface area contributed by atoms with Crippen LogP contribution in [0.15, 0.2) is 48.7 Å². The molecule has 0 unspecified atom stereocenters. The van der Waals surface area contributed by atoms with Crippen LogP contribution >= 0.6 is 0 Å².